The minimum absolute atomic E-state index is 0.142. The Balaban J connectivity index is 1.37. The van der Waals surface area contributed by atoms with Crippen molar-refractivity contribution in [1.29, 1.82) is 5.26 Å². The lowest BCUT2D eigenvalue weighted by molar-refractivity contribution is 0.0199. The molecule has 36 heavy (non-hydrogen) atoms. The molecule has 0 N–H and O–H groups in total. The molecule has 0 spiro atoms. The summed E-state index contributed by atoms with van der Waals surface area (Å²) in [6, 6.07) is 14.7. The molecule has 9 heteroatoms. The monoisotopic (exact) mass is 484 g/mol. The summed E-state index contributed by atoms with van der Waals surface area (Å²) in [6.45, 7) is 6.89. The number of benzene rings is 1. The third kappa shape index (κ3) is 4.67. The number of nitrogens with zero attached hydrogens (tertiary/aromatic N) is 6. The fourth-order valence-electron chi connectivity index (χ4n) is 4.86. The molecule has 4 heterocycles. The van der Waals surface area contributed by atoms with Crippen molar-refractivity contribution in [3.05, 3.63) is 71.7 Å². The van der Waals surface area contributed by atoms with Gasteiger partial charge in [0, 0.05) is 36.6 Å². The van der Waals surface area contributed by atoms with E-state index in [1.807, 2.05) is 56.1 Å². The molecule has 0 unspecified atom stereocenters. The second-order valence-corrected chi connectivity index (χ2v) is 10.2. The van der Waals surface area contributed by atoms with Gasteiger partial charge in [-0.3, -0.25) is 9.48 Å². The molecule has 0 radical (unpaired) electrons. The summed E-state index contributed by atoms with van der Waals surface area (Å²) in [5.74, 6) is -0.142. The fourth-order valence-corrected chi connectivity index (χ4v) is 4.86. The summed E-state index contributed by atoms with van der Waals surface area (Å²) in [5, 5.41) is 13.5. The molecule has 0 saturated carbocycles. The Bertz CT molecular complexity index is 1340. The number of aromatic nitrogens is 3. The second-order valence-electron chi connectivity index (χ2n) is 10.2. The Morgan fingerprint density at radius 1 is 1.22 bits per heavy atom. The summed E-state index contributed by atoms with van der Waals surface area (Å²) < 4.78 is 7.47. The number of carbonyl (C=O) groups is 2. The largest absolute Gasteiger partial charge is 0.444 e. The van der Waals surface area contributed by atoms with Gasteiger partial charge in [-0.15, -0.1) is 0 Å². The van der Waals surface area contributed by atoms with E-state index in [0.717, 1.165) is 11.1 Å². The molecule has 2 atom stereocenters. The zero-order valence-electron chi connectivity index (χ0n) is 20.6. The normalized spacial score (nSPS) is 19.3. The van der Waals surface area contributed by atoms with E-state index in [1.54, 1.807) is 34.0 Å². The van der Waals surface area contributed by atoms with E-state index in [2.05, 4.69) is 16.2 Å². The first-order valence-corrected chi connectivity index (χ1v) is 12.0. The van der Waals surface area contributed by atoms with Crippen LogP contribution in [0.25, 0.3) is 11.3 Å². The number of rotatable bonds is 4. The predicted octanol–water partition coefficient (Wildman–Crippen LogP) is 3.85. The van der Waals surface area contributed by atoms with Crippen LogP contribution in [0.5, 0.6) is 0 Å². The van der Waals surface area contributed by atoms with E-state index in [1.165, 1.54) is 0 Å². The van der Waals surface area contributed by atoms with Crippen LogP contribution in [-0.4, -0.2) is 60.8 Å². The highest BCUT2D eigenvalue weighted by molar-refractivity contribution is 5.97. The van der Waals surface area contributed by atoms with Gasteiger partial charge < -0.3 is 14.5 Å². The number of amides is 2. The molecule has 2 aromatic heterocycles. The van der Waals surface area contributed by atoms with Crippen molar-refractivity contribution in [3.8, 4) is 17.3 Å². The number of fused-ring (bicyclic) bond motifs is 1. The maximum atomic E-state index is 13.5. The predicted molar refractivity (Wildman–Crippen MR) is 132 cm³/mol. The topological polar surface area (TPSA) is 104 Å². The van der Waals surface area contributed by atoms with Crippen molar-refractivity contribution in [2.24, 2.45) is 0 Å². The van der Waals surface area contributed by atoms with Gasteiger partial charge in [-0.05, 0) is 51.5 Å². The van der Waals surface area contributed by atoms with Gasteiger partial charge in [0.25, 0.3) is 5.91 Å². The minimum atomic E-state index is -0.617. The number of hydrogen-bond acceptors (Lipinski definition) is 6. The first-order valence-electron chi connectivity index (χ1n) is 12.0. The smallest absolute Gasteiger partial charge is 0.410 e. The van der Waals surface area contributed by atoms with Crippen LogP contribution >= 0.6 is 0 Å². The highest BCUT2D eigenvalue weighted by Crippen LogP contribution is 2.32. The van der Waals surface area contributed by atoms with Crippen LogP contribution in [0.4, 0.5) is 4.79 Å². The van der Waals surface area contributed by atoms with E-state index in [-0.39, 0.29) is 24.1 Å². The Morgan fingerprint density at radius 3 is 2.78 bits per heavy atom. The Hall–Kier alpha value is -4.19. The molecule has 9 nitrogen and oxygen atoms in total. The van der Waals surface area contributed by atoms with Crippen molar-refractivity contribution < 1.29 is 14.3 Å². The van der Waals surface area contributed by atoms with Crippen LogP contribution in [0, 0.1) is 11.3 Å². The van der Waals surface area contributed by atoms with Gasteiger partial charge in [-0.1, -0.05) is 18.2 Å². The van der Waals surface area contributed by atoms with Gasteiger partial charge >= 0.3 is 6.09 Å². The Morgan fingerprint density at radius 2 is 2.06 bits per heavy atom. The molecule has 2 aliphatic rings. The summed E-state index contributed by atoms with van der Waals surface area (Å²) in [5.41, 5.74) is 2.65. The summed E-state index contributed by atoms with van der Waals surface area (Å²) in [4.78, 5) is 34.7. The van der Waals surface area contributed by atoms with Crippen LogP contribution < -0.4 is 0 Å². The number of likely N-dealkylation sites (tertiary alicyclic amines) is 1. The molecule has 1 aromatic carbocycles. The van der Waals surface area contributed by atoms with Crippen LogP contribution in [0.1, 0.15) is 48.8 Å². The highest BCUT2D eigenvalue weighted by Gasteiger charge is 2.44. The summed E-state index contributed by atoms with van der Waals surface area (Å²) >= 11 is 0. The molecule has 5 rings (SSSR count). The van der Waals surface area contributed by atoms with E-state index in [0.29, 0.717) is 43.0 Å². The first kappa shape index (κ1) is 23.5. The molecule has 0 aliphatic carbocycles. The maximum absolute atomic E-state index is 13.5. The summed E-state index contributed by atoms with van der Waals surface area (Å²) in [7, 11) is 0. The average molecular weight is 485 g/mol. The zero-order valence-corrected chi connectivity index (χ0v) is 20.6. The molecule has 184 valence electrons. The molecule has 2 aliphatic heterocycles. The zero-order chi connectivity index (χ0) is 25.4. The minimum Gasteiger partial charge on any atom is -0.444 e. The average Bonchev–Trinajstić information content (AvgIpc) is 3.58. The third-order valence-electron chi connectivity index (χ3n) is 6.49. The van der Waals surface area contributed by atoms with Gasteiger partial charge in [0.15, 0.2) is 0 Å². The van der Waals surface area contributed by atoms with Crippen molar-refractivity contribution in [2.45, 2.75) is 58.0 Å². The van der Waals surface area contributed by atoms with E-state index in [4.69, 9.17) is 4.74 Å². The van der Waals surface area contributed by atoms with Crippen molar-refractivity contribution >= 4 is 12.0 Å². The van der Waals surface area contributed by atoms with Crippen LogP contribution in [0.3, 0.4) is 0 Å². The quantitative estimate of drug-likeness (QED) is 0.557. The van der Waals surface area contributed by atoms with Crippen molar-refractivity contribution in [2.75, 3.05) is 6.54 Å². The maximum Gasteiger partial charge on any atom is 0.410 e. The number of carbonyl (C=O) groups excluding carboxylic acids is 2. The standard InChI is InChI=1S/C27H28N6O3/c1-27(2,3)36-26(35)33-17-22(13-21(33)16-31-11-5-10-29-31)32-15-20-8-9-23(30-24(20)25(32)34)19-7-4-6-18(12-19)14-28/h4-12,21-22H,13,15-17H2,1-3H3/t21-,22+/m0/s1. The fraction of sp³-hybridized carbons (Fsp3) is 0.370. The van der Waals surface area contributed by atoms with E-state index >= 15 is 0 Å². The van der Waals surface area contributed by atoms with Gasteiger partial charge in [0.05, 0.1) is 36.0 Å². The molecule has 2 amide bonds. The van der Waals surface area contributed by atoms with Gasteiger partial charge in [0.2, 0.25) is 0 Å². The number of pyridine rings is 1. The van der Waals surface area contributed by atoms with Gasteiger partial charge in [0.1, 0.15) is 11.3 Å². The lowest BCUT2D eigenvalue weighted by Crippen LogP contribution is -2.43. The van der Waals surface area contributed by atoms with Crippen LogP contribution in [0.2, 0.25) is 0 Å². The van der Waals surface area contributed by atoms with Gasteiger partial charge in [-0.25, -0.2) is 9.78 Å². The van der Waals surface area contributed by atoms with Crippen molar-refractivity contribution in [3.63, 3.8) is 0 Å². The number of hydrogen-bond donors (Lipinski definition) is 0. The van der Waals surface area contributed by atoms with Crippen LogP contribution in [0.15, 0.2) is 54.9 Å². The summed E-state index contributed by atoms with van der Waals surface area (Å²) in [6.07, 6.45) is 3.81. The Labute approximate surface area is 209 Å². The molecule has 0 bridgehead atoms. The molecular formula is C27H28N6O3. The second kappa shape index (κ2) is 9.11. The molecule has 3 aromatic rings. The van der Waals surface area contributed by atoms with E-state index in [9.17, 15) is 14.9 Å². The molecule has 1 saturated heterocycles. The van der Waals surface area contributed by atoms with Crippen LogP contribution in [-0.2, 0) is 17.8 Å². The number of nitriles is 1. The third-order valence-corrected chi connectivity index (χ3v) is 6.49. The van der Waals surface area contributed by atoms with E-state index < -0.39 is 5.60 Å². The lowest BCUT2D eigenvalue weighted by atomic mass is 10.1. The highest BCUT2D eigenvalue weighted by atomic mass is 16.6. The Kier molecular flexibility index (Phi) is 5.96. The molecule has 1 fully saturated rings. The lowest BCUT2D eigenvalue weighted by Gasteiger charge is -2.28. The van der Waals surface area contributed by atoms with Crippen molar-refractivity contribution in [1.82, 2.24) is 24.6 Å². The SMILES string of the molecule is CC(C)(C)OC(=O)N1C[C@H](N2Cc3ccc(-c4cccc(C#N)c4)nc3C2=O)C[C@H]1Cn1cccn1. The number of ether oxygens (including phenoxy) is 1. The van der Waals surface area contributed by atoms with Gasteiger partial charge in [-0.2, -0.15) is 10.4 Å². The molecular weight excluding hydrogens is 456 g/mol. The first-order chi connectivity index (χ1) is 17.2.